The number of hydrogen-bond donors (Lipinski definition) is 2. The summed E-state index contributed by atoms with van der Waals surface area (Å²) in [6, 6.07) is 6.44. The van der Waals surface area contributed by atoms with Crippen molar-refractivity contribution in [2.45, 2.75) is 33.6 Å². The maximum atomic E-state index is 5.13. The Morgan fingerprint density at radius 2 is 1.88 bits per heavy atom. The second kappa shape index (κ2) is 4.88. The SMILES string of the molecule is CC.Cc1cccc2c1CCc1[nH]c(=S)[nH]c1-2. The molecular formula is C14H18N2S. The number of aryl methyl sites for hydroxylation is 2. The number of nitrogens with one attached hydrogen (secondary N) is 2. The summed E-state index contributed by atoms with van der Waals surface area (Å²) in [5.41, 5.74) is 6.57. The topological polar surface area (TPSA) is 31.6 Å². The van der Waals surface area contributed by atoms with Crippen LogP contribution in [0.3, 0.4) is 0 Å². The molecule has 1 aliphatic carbocycles. The Bertz CT molecular complexity index is 578. The molecule has 0 saturated heterocycles. The molecule has 0 atom stereocenters. The second-order valence-electron chi connectivity index (χ2n) is 4.03. The zero-order valence-electron chi connectivity index (χ0n) is 10.6. The summed E-state index contributed by atoms with van der Waals surface area (Å²) in [6.45, 7) is 6.17. The molecule has 1 aliphatic rings. The lowest BCUT2D eigenvalue weighted by Crippen LogP contribution is -2.05. The zero-order valence-corrected chi connectivity index (χ0v) is 11.4. The van der Waals surface area contributed by atoms with E-state index in [0.29, 0.717) is 0 Å². The van der Waals surface area contributed by atoms with Crippen molar-refractivity contribution in [3.8, 4) is 11.3 Å². The van der Waals surface area contributed by atoms with Crippen LogP contribution in [-0.2, 0) is 12.8 Å². The van der Waals surface area contributed by atoms with Gasteiger partial charge in [-0.05, 0) is 43.1 Å². The van der Waals surface area contributed by atoms with E-state index in [1.807, 2.05) is 13.8 Å². The van der Waals surface area contributed by atoms with Crippen molar-refractivity contribution in [3.63, 3.8) is 0 Å². The van der Waals surface area contributed by atoms with Gasteiger partial charge in [-0.2, -0.15) is 0 Å². The van der Waals surface area contributed by atoms with Gasteiger partial charge in [0, 0.05) is 11.3 Å². The van der Waals surface area contributed by atoms with E-state index < -0.39 is 0 Å². The maximum absolute atomic E-state index is 5.13. The Morgan fingerprint density at radius 1 is 1.12 bits per heavy atom. The highest BCUT2D eigenvalue weighted by Gasteiger charge is 2.18. The number of fused-ring (bicyclic) bond motifs is 3. The molecule has 1 aromatic heterocycles. The van der Waals surface area contributed by atoms with E-state index in [4.69, 9.17) is 12.2 Å². The summed E-state index contributed by atoms with van der Waals surface area (Å²) in [7, 11) is 0. The molecule has 1 heterocycles. The molecule has 2 aromatic rings. The highest BCUT2D eigenvalue weighted by atomic mass is 32.1. The van der Waals surface area contributed by atoms with Gasteiger partial charge in [-0.25, -0.2) is 0 Å². The molecule has 0 saturated carbocycles. The van der Waals surface area contributed by atoms with E-state index in [-0.39, 0.29) is 0 Å². The van der Waals surface area contributed by atoms with E-state index in [2.05, 4.69) is 35.1 Å². The molecule has 3 rings (SSSR count). The van der Waals surface area contributed by atoms with Crippen LogP contribution in [-0.4, -0.2) is 9.97 Å². The third-order valence-electron chi connectivity index (χ3n) is 3.11. The summed E-state index contributed by atoms with van der Waals surface area (Å²) in [6.07, 6.45) is 2.17. The Morgan fingerprint density at radius 3 is 2.65 bits per heavy atom. The first-order valence-corrected chi connectivity index (χ1v) is 6.56. The van der Waals surface area contributed by atoms with Gasteiger partial charge in [-0.15, -0.1) is 0 Å². The minimum Gasteiger partial charge on any atom is -0.334 e. The highest BCUT2D eigenvalue weighted by molar-refractivity contribution is 7.71. The van der Waals surface area contributed by atoms with Crippen LogP contribution in [0.5, 0.6) is 0 Å². The third-order valence-corrected chi connectivity index (χ3v) is 3.31. The van der Waals surface area contributed by atoms with Gasteiger partial charge < -0.3 is 9.97 Å². The number of benzene rings is 1. The Kier molecular flexibility index (Phi) is 3.48. The first-order valence-electron chi connectivity index (χ1n) is 6.16. The number of rotatable bonds is 0. The quantitative estimate of drug-likeness (QED) is 0.672. The van der Waals surface area contributed by atoms with Crippen molar-refractivity contribution in [2.75, 3.05) is 0 Å². The summed E-state index contributed by atoms with van der Waals surface area (Å²) < 4.78 is 0.731. The van der Waals surface area contributed by atoms with E-state index in [9.17, 15) is 0 Å². The van der Waals surface area contributed by atoms with Crippen LogP contribution < -0.4 is 0 Å². The molecule has 0 aliphatic heterocycles. The first kappa shape index (κ1) is 12.1. The molecule has 2 nitrogen and oxygen atoms in total. The molecule has 0 radical (unpaired) electrons. The van der Waals surface area contributed by atoms with Crippen LogP contribution in [0.4, 0.5) is 0 Å². The highest BCUT2D eigenvalue weighted by Crippen LogP contribution is 2.32. The fourth-order valence-electron chi connectivity index (χ4n) is 2.36. The molecule has 1 aromatic carbocycles. The van der Waals surface area contributed by atoms with Crippen LogP contribution in [0.2, 0.25) is 0 Å². The Balaban J connectivity index is 0.000000514. The van der Waals surface area contributed by atoms with Crippen molar-refractivity contribution in [1.82, 2.24) is 9.97 Å². The van der Waals surface area contributed by atoms with Crippen molar-refractivity contribution in [2.24, 2.45) is 0 Å². The van der Waals surface area contributed by atoms with E-state index in [0.717, 1.165) is 17.6 Å². The molecule has 3 heteroatoms. The predicted octanol–water partition coefficient (Wildman–Crippen LogP) is 4.17. The average Bonchev–Trinajstić information content (AvgIpc) is 2.73. The summed E-state index contributed by atoms with van der Waals surface area (Å²) in [5.74, 6) is 0. The minimum atomic E-state index is 0.731. The zero-order chi connectivity index (χ0) is 12.4. The fourth-order valence-corrected chi connectivity index (χ4v) is 2.58. The van der Waals surface area contributed by atoms with Crippen molar-refractivity contribution in [3.05, 3.63) is 39.8 Å². The first-order chi connectivity index (χ1) is 8.25. The van der Waals surface area contributed by atoms with E-state index in [1.165, 1.54) is 28.1 Å². The monoisotopic (exact) mass is 246 g/mol. The number of aromatic nitrogens is 2. The normalized spacial score (nSPS) is 12.2. The lowest BCUT2D eigenvalue weighted by Gasteiger charge is -2.17. The fraction of sp³-hybridized carbons (Fsp3) is 0.357. The van der Waals surface area contributed by atoms with Gasteiger partial charge in [0.1, 0.15) is 0 Å². The number of hydrogen-bond acceptors (Lipinski definition) is 1. The summed E-state index contributed by atoms with van der Waals surface area (Å²) in [5, 5.41) is 0. The second-order valence-corrected chi connectivity index (χ2v) is 4.44. The lowest BCUT2D eigenvalue weighted by atomic mass is 9.89. The average molecular weight is 246 g/mol. The van der Waals surface area contributed by atoms with Gasteiger partial charge in [0.05, 0.1) is 5.69 Å². The smallest absolute Gasteiger partial charge is 0.175 e. The molecule has 0 unspecified atom stereocenters. The molecule has 2 N–H and O–H groups in total. The predicted molar refractivity (Wildman–Crippen MR) is 74.9 cm³/mol. The van der Waals surface area contributed by atoms with Crippen molar-refractivity contribution in [1.29, 1.82) is 0 Å². The number of aromatic amines is 2. The van der Waals surface area contributed by atoms with Gasteiger partial charge in [-0.1, -0.05) is 32.0 Å². The van der Waals surface area contributed by atoms with E-state index in [1.54, 1.807) is 0 Å². The largest absolute Gasteiger partial charge is 0.334 e. The molecule has 0 amide bonds. The van der Waals surface area contributed by atoms with Gasteiger partial charge in [0.2, 0.25) is 0 Å². The number of imidazole rings is 1. The summed E-state index contributed by atoms with van der Waals surface area (Å²) >= 11 is 5.13. The van der Waals surface area contributed by atoms with Gasteiger partial charge in [0.15, 0.2) is 4.77 Å². The minimum absolute atomic E-state index is 0.731. The van der Waals surface area contributed by atoms with Crippen LogP contribution in [0.15, 0.2) is 18.2 Å². The van der Waals surface area contributed by atoms with Gasteiger partial charge >= 0.3 is 0 Å². The van der Waals surface area contributed by atoms with E-state index >= 15 is 0 Å². The molecule has 17 heavy (non-hydrogen) atoms. The summed E-state index contributed by atoms with van der Waals surface area (Å²) in [4.78, 5) is 6.46. The Hall–Kier alpha value is -1.35. The van der Waals surface area contributed by atoms with Crippen molar-refractivity contribution >= 4 is 12.2 Å². The molecule has 0 bridgehead atoms. The third kappa shape index (κ3) is 2.07. The molecule has 0 fully saturated rings. The number of H-pyrrole nitrogens is 2. The molecule has 0 spiro atoms. The lowest BCUT2D eigenvalue weighted by molar-refractivity contribution is 0.899. The van der Waals surface area contributed by atoms with Gasteiger partial charge in [-0.3, -0.25) is 0 Å². The van der Waals surface area contributed by atoms with Crippen molar-refractivity contribution < 1.29 is 0 Å². The molecular weight excluding hydrogens is 228 g/mol. The standard InChI is InChI=1S/C12H12N2S.C2H6/c1-7-3-2-4-9-8(7)5-6-10-11(9)14-12(15)13-10;1-2/h2-4H,5-6H2,1H3,(H2,13,14,15);1-2H3. The van der Waals surface area contributed by atoms with Crippen LogP contribution in [0.25, 0.3) is 11.3 Å². The molecule has 90 valence electrons. The van der Waals surface area contributed by atoms with Crippen LogP contribution in [0.1, 0.15) is 30.7 Å². The van der Waals surface area contributed by atoms with Gasteiger partial charge in [0.25, 0.3) is 0 Å². The maximum Gasteiger partial charge on any atom is 0.175 e. The Labute approximate surface area is 107 Å². The van der Waals surface area contributed by atoms with Crippen LogP contribution in [0, 0.1) is 11.7 Å². The van der Waals surface area contributed by atoms with Crippen LogP contribution >= 0.6 is 12.2 Å².